The van der Waals surface area contributed by atoms with E-state index in [-0.39, 0.29) is 11.5 Å². The third kappa shape index (κ3) is 5.35. The molecule has 0 bridgehead atoms. The number of nitriles is 1. The first-order valence-electron chi connectivity index (χ1n) is 8.68. The van der Waals surface area contributed by atoms with Crippen LogP contribution >= 0.6 is 22.6 Å². The zero-order valence-electron chi connectivity index (χ0n) is 15.1. The fraction of sp³-hybridized carbons (Fsp3) is 0.474. The van der Waals surface area contributed by atoms with Crippen molar-refractivity contribution in [2.24, 2.45) is 0 Å². The molecule has 1 aromatic rings. The second kappa shape index (κ2) is 10.4. The molecule has 0 atom stereocenters. The molecule has 0 aliphatic carbocycles. The molecule has 0 aromatic heterocycles. The van der Waals surface area contributed by atoms with Crippen molar-refractivity contribution >= 4 is 34.6 Å². The summed E-state index contributed by atoms with van der Waals surface area (Å²) in [5, 5.41) is 9.45. The van der Waals surface area contributed by atoms with Crippen molar-refractivity contribution in [1.29, 1.82) is 5.26 Å². The van der Waals surface area contributed by atoms with Gasteiger partial charge in [0.1, 0.15) is 11.6 Å². The molecule has 7 heteroatoms. The average molecular weight is 470 g/mol. The summed E-state index contributed by atoms with van der Waals surface area (Å²) in [6.07, 6.45) is 2.50. The van der Waals surface area contributed by atoms with Crippen LogP contribution in [0.15, 0.2) is 17.7 Å². The summed E-state index contributed by atoms with van der Waals surface area (Å²) in [6, 6.07) is 5.72. The van der Waals surface area contributed by atoms with E-state index in [9.17, 15) is 10.1 Å². The van der Waals surface area contributed by atoms with Crippen molar-refractivity contribution in [3.8, 4) is 17.6 Å². The minimum Gasteiger partial charge on any atom is -0.490 e. The van der Waals surface area contributed by atoms with E-state index in [0.717, 1.165) is 15.6 Å². The lowest BCUT2D eigenvalue weighted by molar-refractivity contribution is -0.130. The van der Waals surface area contributed by atoms with Gasteiger partial charge in [0, 0.05) is 13.1 Å². The first-order valence-corrected chi connectivity index (χ1v) is 9.76. The van der Waals surface area contributed by atoms with E-state index < -0.39 is 0 Å². The number of nitrogens with zero attached hydrogens (tertiary/aromatic N) is 2. The van der Waals surface area contributed by atoms with Crippen LogP contribution in [0.5, 0.6) is 11.5 Å². The van der Waals surface area contributed by atoms with Crippen LogP contribution in [0, 0.1) is 14.9 Å². The number of ether oxygens (including phenoxy) is 3. The quantitative estimate of drug-likeness (QED) is 0.348. The molecule has 1 fully saturated rings. The number of hydrogen-bond donors (Lipinski definition) is 0. The van der Waals surface area contributed by atoms with Crippen LogP contribution in [0.4, 0.5) is 0 Å². The van der Waals surface area contributed by atoms with Crippen LogP contribution in [-0.2, 0) is 9.53 Å². The van der Waals surface area contributed by atoms with Crippen LogP contribution in [-0.4, -0.2) is 50.3 Å². The molecule has 1 aliphatic rings. The number of rotatable bonds is 7. The number of amides is 1. The van der Waals surface area contributed by atoms with Gasteiger partial charge in [-0.3, -0.25) is 4.79 Å². The topological polar surface area (TPSA) is 71.8 Å². The van der Waals surface area contributed by atoms with Crippen molar-refractivity contribution in [3.63, 3.8) is 0 Å². The maximum atomic E-state index is 12.6. The molecule has 0 radical (unpaired) electrons. The van der Waals surface area contributed by atoms with Gasteiger partial charge in [-0.2, -0.15) is 5.26 Å². The summed E-state index contributed by atoms with van der Waals surface area (Å²) >= 11 is 2.18. The summed E-state index contributed by atoms with van der Waals surface area (Å²) in [5.74, 6) is 1.05. The van der Waals surface area contributed by atoms with Gasteiger partial charge in [0.2, 0.25) is 0 Å². The van der Waals surface area contributed by atoms with E-state index in [4.69, 9.17) is 14.2 Å². The van der Waals surface area contributed by atoms with Crippen LogP contribution in [0.2, 0.25) is 0 Å². The molecule has 140 valence electrons. The maximum Gasteiger partial charge on any atom is 0.264 e. The Morgan fingerprint density at radius 3 is 2.69 bits per heavy atom. The van der Waals surface area contributed by atoms with E-state index in [1.165, 1.54) is 0 Å². The zero-order chi connectivity index (χ0) is 18.9. The number of hydrogen-bond acceptors (Lipinski definition) is 5. The smallest absolute Gasteiger partial charge is 0.264 e. The minimum absolute atomic E-state index is 0.104. The van der Waals surface area contributed by atoms with Gasteiger partial charge in [-0.05, 0) is 59.7 Å². The van der Waals surface area contributed by atoms with Crippen molar-refractivity contribution in [3.05, 3.63) is 26.8 Å². The molecular weight excluding hydrogens is 447 g/mol. The number of halogens is 1. The third-order valence-electron chi connectivity index (χ3n) is 3.74. The highest BCUT2D eigenvalue weighted by atomic mass is 127. The highest BCUT2D eigenvalue weighted by Gasteiger charge is 2.21. The second-order valence-electron chi connectivity index (χ2n) is 5.69. The fourth-order valence-corrected chi connectivity index (χ4v) is 3.30. The summed E-state index contributed by atoms with van der Waals surface area (Å²) in [7, 11) is 0. The Labute approximate surface area is 167 Å². The van der Waals surface area contributed by atoms with E-state index >= 15 is 0 Å². The number of carbonyl (C=O) groups is 1. The Hall–Kier alpha value is -1.79. The first-order chi connectivity index (χ1) is 12.6. The highest BCUT2D eigenvalue weighted by molar-refractivity contribution is 14.1. The standard InChI is InChI=1S/C19H23IN2O4/c1-3-7-26-18-16(20)11-14(12-17(18)25-4-2)10-15(13-21)19(23)22-5-8-24-9-6-22/h10-12H,3-9H2,1-2H3/b15-10-. The molecular formula is C19H23IN2O4. The molecule has 0 saturated carbocycles. The molecule has 1 saturated heterocycles. The predicted octanol–water partition coefficient (Wildman–Crippen LogP) is 3.24. The molecule has 1 aliphatic heterocycles. The van der Waals surface area contributed by atoms with Crippen LogP contribution in [0.3, 0.4) is 0 Å². The Kier molecular flexibility index (Phi) is 8.19. The first kappa shape index (κ1) is 20.5. The van der Waals surface area contributed by atoms with Crippen LogP contribution < -0.4 is 9.47 Å². The lowest BCUT2D eigenvalue weighted by Crippen LogP contribution is -2.41. The Bertz CT molecular complexity index is 706. The van der Waals surface area contributed by atoms with E-state index in [1.807, 2.05) is 26.0 Å². The second-order valence-corrected chi connectivity index (χ2v) is 6.85. The molecule has 2 rings (SSSR count). The number of morpholine rings is 1. The Morgan fingerprint density at radius 2 is 2.08 bits per heavy atom. The summed E-state index contributed by atoms with van der Waals surface area (Å²) < 4.78 is 17.6. The summed E-state index contributed by atoms with van der Waals surface area (Å²) in [6.45, 7) is 7.06. The number of carbonyl (C=O) groups excluding carboxylic acids is 1. The molecule has 0 unspecified atom stereocenters. The molecule has 1 aromatic carbocycles. The van der Waals surface area contributed by atoms with Gasteiger partial charge in [0.05, 0.1) is 30.0 Å². The molecule has 0 N–H and O–H groups in total. The average Bonchev–Trinajstić information content (AvgIpc) is 2.66. The van der Waals surface area contributed by atoms with Crippen molar-refractivity contribution in [1.82, 2.24) is 4.90 Å². The van der Waals surface area contributed by atoms with Crippen molar-refractivity contribution < 1.29 is 19.0 Å². The van der Waals surface area contributed by atoms with Crippen molar-refractivity contribution in [2.45, 2.75) is 20.3 Å². The van der Waals surface area contributed by atoms with Gasteiger partial charge >= 0.3 is 0 Å². The fourth-order valence-electron chi connectivity index (χ4n) is 2.52. The van der Waals surface area contributed by atoms with Gasteiger partial charge in [0.25, 0.3) is 5.91 Å². The SMILES string of the molecule is CCCOc1c(I)cc(/C=C(/C#N)C(=O)N2CCOCC2)cc1OCC. The van der Waals surface area contributed by atoms with Gasteiger partial charge in [-0.15, -0.1) is 0 Å². The van der Waals surface area contributed by atoms with E-state index in [0.29, 0.717) is 51.0 Å². The van der Waals surface area contributed by atoms with Gasteiger partial charge in [-0.25, -0.2) is 0 Å². The van der Waals surface area contributed by atoms with Crippen molar-refractivity contribution in [2.75, 3.05) is 39.5 Å². The zero-order valence-corrected chi connectivity index (χ0v) is 17.2. The highest BCUT2D eigenvalue weighted by Crippen LogP contribution is 2.35. The molecule has 6 nitrogen and oxygen atoms in total. The van der Waals surface area contributed by atoms with E-state index in [1.54, 1.807) is 17.0 Å². The lowest BCUT2D eigenvalue weighted by atomic mass is 10.1. The third-order valence-corrected chi connectivity index (χ3v) is 4.54. The van der Waals surface area contributed by atoms with E-state index in [2.05, 4.69) is 22.6 Å². The number of benzene rings is 1. The Balaban J connectivity index is 2.31. The van der Waals surface area contributed by atoms with Gasteiger partial charge in [-0.1, -0.05) is 6.92 Å². The van der Waals surface area contributed by atoms with Crippen LogP contribution in [0.1, 0.15) is 25.8 Å². The van der Waals surface area contributed by atoms with Gasteiger partial charge in [0.15, 0.2) is 11.5 Å². The molecule has 0 spiro atoms. The largest absolute Gasteiger partial charge is 0.490 e. The molecule has 26 heavy (non-hydrogen) atoms. The minimum atomic E-state index is -0.268. The normalized spacial score (nSPS) is 14.7. The summed E-state index contributed by atoms with van der Waals surface area (Å²) in [5.41, 5.74) is 0.840. The summed E-state index contributed by atoms with van der Waals surface area (Å²) in [4.78, 5) is 14.2. The predicted molar refractivity (Wildman–Crippen MR) is 107 cm³/mol. The lowest BCUT2D eigenvalue weighted by Gasteiger charge is -2.26. The van der Waals surface area contributed by atoms with Crippen LogP contribution in [0.25, 0.3) is 6.08 Å². The Morgan fingerprint density at radius 1 is 1.35 bits per heavy atom. The monoisotopic (exact) mass is 470 g/mol. The van der Waals surface area contributed by atoms with Gasteiger partial charge < -0.3 is 19.1 Å². The molecule has 1 heterocycles. The maximum absolute atomic E-state index is 12.6. The molecule has 1 amide bonds.